The van der Waals surface area contributed by atoms with Crippen LogP contribution >= 0.6 is 11.8 Å². The van der Waals surface area contributed by atoms with Crippen molar-refractivity contribution in [3.05, 3.63) is 0 Å². The molecular weight excluding hydrogens is 220 g/mol. The van der Waals surface area contributed by atoms with Gasteiger partial charge in [-0.1, -0.05) is 6.92 Å². The maximum absolute atomic E-state index is 5.85. The van der Waals surface area contributed by atoms with Gasteiger partial charge in [0.2, 0.25) is 0 Å². The molecule has 0 aliphatic carbocycles. The van der Waals surface area contributed by atoms with Crippen molar-refractivity contribution in [1.82, 2.24) is 4.90 Å². The van der Waals surface area contributed by atoms with E-state index in [1.807, 2.05) is 18.7 Å². The lowest BCUT2D eigenvalue weighted by molar-refractivity contribution is 0.0958. The van der Waals surface area contributed by atoms with Crippen LogP contribution in [0.2, 0.25) is 0 Å². The van der Waals surface area contributed by atoms with Crippen molar-refractivity contribution in [2.24, 2.45) is 5.73 Å². The Balaban J connectivity index is 3.85. The molecule has 0 aromatic carbocycles. The Labute approximate surface area is 105 Å². The molecule has 0 aromatic heterocycles. The minimum atomic E-state index is 0.526. The van der Waals surface area contributed by atoms with Crippen molar-refractivity contribution in [1.29, 1.82) is 0 Å². The van der Waals surface area contributed by atoms with Gasteiger partial charge in [-0.05, 0) is 38.3 Å². The second-order valence-corrected chi connectivity index (χ2v) is 4.84. The van der Waals surface area contributed by atoms with Gasteiger partial charge in [-0.2, -0.15) is 11.8 Å². The summed E-state index contributed by atoms with van der Waals surface area (Å²) >= 11 is 1.91. The van der Waals surface area contributed by atoms with Crippen LogP contribution in [0.15, 0.2) is 0 Å². The maximum atomic E-state index is 5.85. The quantitative estimate of drug-likeness (QED) is 0.566. The van der Waals surface area contributed by atoms with Crippen molar-refractivity contribution in [3.8, 4) is 0 Å². The summed E-state index contributed by atoms with van der Waals surface area (Å²) in [6.45, 7) is 8.69. The Morgan fingerprint density at radius 1 is 1.38 bits per heavy atom. The van der Waals surface area contributed by atoms with Crippen molar-refractivity contribution < 1.29 is 4.74 Å². The average molecular weight is 248 g/mol. The number of thioether (sulfide) groups is 1. The number of nitrogens with two attached hydrogens (primary N) is 1. The van der Waals surface area contributed by atoms with E-state index >= 15 is 0 Å². The fourth-order valence-electron chi connectivity index (χ4n) is 1.84. The van der Waals surface area contributed by atoms with Gasteiger partial charge in [0.1, 0.15) is 0 Å². The van der Waals surface area contributed by atoms with Crippen LogP contribution in [0.4, 0.5) is 0 Å². The van der Waals surface area contributed by atoms with Gasteiger partial charge in [0.05, 0.1) is 6.61 Å². The van der Waals surface area contributed by atoms with Gasteiger partial charge < -0.3 is 10.5 Å². The van der Waals surface area contributed by atoms with Gasteiger partial charge >= 0.3 is 0 Å². The molecule has 0 spiro atoms. The highest BCUT2D eigenvalue weighted by Gasteiger charge is 2.14. The summed E-state index contributed by atoms with van der Waals surface area (Å²) in [6.07, 6.45) is 4.62. The zero-order valence-electron chi connectivity index (χ0n) is 11.1. The van der Waals surface area contributed by atoms with Crippen molar-refractivity contribution in [2.75, 3.05) is 44.9 Å². The third kappa shape index (κ3) is 7.49. The van der Waals surface area contributed by atoms with Crippen LogP contribution in [-0.4, -0.2) is 55.8 Å². The molecule has 1 atom stereocenters. The third-order valence-corrected chi connectivity index (χ3v) is 3.50. The molecule has 0 rings (SSSR count). The molecule has 0 bridgehead atoms. The van der Waals surface area contributed by atoms with Crippen LogP contribution in [0.1, 0.15) is 26.7 Å². The standard InChI is InChI=1S/C12H28N2OS/c1-4-14(8-9-15-5-2)12(11-13)7-6-10-16-3/h12H,4-11,13H2,1-3H3. The van der Waals surface area contributed by atoms with Gasteiger partial charge in [0.15, 0.2) is 0 Å². The summed E-state index contributed by atoms with van der Waals surface area (Å²) in [4.78, 5) is 2.44. The lowest BCUT2D eigenvalue weighted by atomic mass is 10.1. The molecule has 0 amide bonds. The first kappa shape index (κ1) is 16.2. The molecule has 0 aliphatic rings. The van der Waals surface area contributed by atoms with Crippen LogP contribution in [0.5, 0.6) is 0 Å². The van der Waals surface area contributed by atoms with E-state index < -0.39 is 0 Å². The number of rotatable bonds is 11. The van der Waals surface area contributed by atoms with Gasteiger partial charge in [0, 0.05) is 25.7 Å². The van der Waals surface area contributed by atoms with Crippen LogP contribution < -0.4 is 5.73 Å². The smallest absolute Gasteiger partial charge is 0.0593 e. The highest BCUT2D eigenvalue weighted by Crippen LogP contribution is 2.08. The van der Waals surface area contributed by atoms with E-state index in [9.17, 15) is 0 Å². The third-order valence-electron chi connectivity index (χ3n) is 2.81. The van der Waals surface area contributed by atoms with Gasteiger partial charge in [-0.3, -0.25) is 4.90 Å². The molecule has 0 radical (unpaired) electrons. The first-order valence-corrected chi connectivity index (χ1v) is 7.70. The molecule has 0 saturated heterocycles. The molecule has 2 N–H and O–H groups in total. The summed E-state index contributed by atoms with van der Waals surface area (Å²) in [5.41, 5.74) is 5.85. The van der Waals surface area contributed by atoms with Crippen molar-refractivity contribution >= 4 is 11.8 Å². The highest BCUT2D eigenvalue weighted by molar-refractivity contribution is 7.98. The predicted octanol–water partition coefficient (Wildman–Crippen LogP) is 1.82. The monoisotopic (exact) mass is 248 g/mol. The van der Waals surface area contributed by atoms with E-state index in [-0.39, 0.29) is 0 Å². The number of hydrogen-bond donors (Lipinski definition) is 1. The fourth-order valence-corrected chi connectivity index (χ4v) is 2.29. The number of likely N-dealkylation sites (N-methyl/N-ethyl adjacent to an activating group) is 1. The lowest BCUT2D eigenvalue weighted by Gasteiger charge is -2.29. The van der Waals surface area contributed by atoms with Crippen LogP contribution in [0.25, 0.3) is 0 Å². The lowest BCUT2D eigenvalue weighted by Crippen LogP contribution is -2.42. The molecule has 0 heterocycles. The number of ether oxygens (including phenoxy) is 1. The van der Waals surface area contributed by atoms with E-state index in [4.69, 9.17) is 10.5 Å². The number of hydrogen-bond acceptors (Lipinski definition) is 4. The summed E-state index contributed by atoms with van der Waals surface area (Å²) in [5, 5.41) is 0. The number of nitrogens with zero attached hydrogens (tertiary/aromatic N) is 1. The molecule has 98 valence electrons. The van der Waals surface area contributed by atoms with E-state index in [0.29, 0.717) is 6.04 Å². The van der Waals surface area contributed by atoms with Crippen LogP contribution in [0.3, 0.4) is 0 Å². The molecule has 16 heavy (non-hydrogen) atoms. The summed E-state index contributed by atoms with van der Waals surface area (Å²) in [5.74, 6) is 1.24. The first-order valence-electron chi connectivity index (χ1n) is 6.30. The molecule has 4 heteroatoms. The molecule has 0 fully saturated rings. The molecular formula is C12H28N2OS. The SMILES string of the molecule is CCOCCN(CC)C(CN)CCCSC. The van der Waals surface area contributed by atoms with Crippen molar-refractivity contribution in [2.45, 2.75) is 32.7 Å². The Kier molecular flexibility index (Phi) is 11.9. The largest absolute Gasteiger partial charge is 0.380 e. The molecule has 0 aromatic rings. The Hall–Kier alpha value is 0.230. The molecule has 3 nitrogen and oxygen atoms in total. The van der Waals surface area contributed by atoms with E-state index in [0.717, 1.165) is 32.8 Å². The molecule has 0 saturated carbocycles. The van der Waals surface area contributed by atoms with E-state index in [1.165, 1.54) is 18.6 Å². The first-order chi connectivity index (χ1) is 7.79. The van der Waals surface area contributed by atoms with Gasteiger partial charge in [-0.15, -0.1) is 0 Å². The van der Waals surface area contributed by atoms with Gasteiger partial charge in [-0.25, -0.2) is 0 Å². The highest BCUT2D eigenvalue weighted by atomic mass is 32.2. The molecule has 1 unspecified atom stereocenters. The second-order valence-electron chi connectivity index (χ2n) is 3.85. The summed E-state index contributed by atoms with van der Waals surface area (Å²) in [7, 11) is 0. The maximum Gasteiger partial charge on any atom is 0.0593 e. The minimum Gasteiger partial charge on any atom is -0.380 e. The Morgan fingerprint density at radius 2 is 2.12 bits per heavy atom. The topological polar surface area (TPSA) is 38.5 Å². The Bertz CT molecular complexity index is 131. The van der Waals surface area contributed by atoms with E-state index in [1.54, 1.807) is 0 Å². The normalized spacial score (nSPS) is 13.3. The summed E-state index contributed by atoms with van der Waals surface area (Å²) < 4.78 is 5.40. The Morgan fingerprint density at radius 3 is 2.62 bits per heavy atom. The fraction of sp³-hybridized carbons (Fsp3) is 1.00. The van der Waals surface area contributed by atoms with Gasteiger partial charge in [0.25, 0.3) is 0 Å². The van der Waals surface area contributed by atoms with Crippen LogP contribution in [-0.2, 0) is 4.74 Å². The van der Waals surface area contributed by atoms with E-state index in [2.05, 4.69) is 18.1 Å². The second kappa shape index (κ2) is 11.7. The summed E-state index contributed by atoms with van der Waals surface area (Å²) in [6, 6.07) is 0.526. The predicted molar refractivity (Wildman–Crippen MR) is 74.2 cm³/mol. The zero-order valence-corrected chi connectivity index (χ0v) is 11.9. The average Bonchev–Trinajstić information content (AvgIpc) is 2.31. The molecule has 0 aliphatic heterocycles. The minimum absolute atomic E-state index is 0.526. The zero-order chi connectivity index (χ0) is 12.2. The van der Waals surface area contributed by atoms with Crippen LogP contribution in [0, 0.1) is 0 Å². The van der Waals surface area contributed by atoms with Crippen molar-refractivity contribution in [3.63, 3.8) is 0 Å².